The Morgan fingerprint density at radius 3 is 2.66 bits per heavy atom. The van der Waals surface area contributed by atoms with Gasteiger partial charge in [0.1, 0.15) is 11.9 Å². The highest BCUT2D eigenvalue weighted by Crippen LogP contribution is 2.25. The van der Waals surface area contributed by atoms with E-state index in [0.29, 0.717) is 25.8 Å². The molecule has 4 N–H and O–H groups in total. The molecule has 8 nitrogen and oxygen atoms in total. The molecule has 1 atom stereocenters. The lowest BCUT2D eigenvalue weighted by Crippen LogP contribution is -2.12. The molecule has 182 valence electrons. The molecule has 0 bridgehead atoms. The van der Waals surface area contributed by atoms with E-state index in [1.54, 1.807) is 0 Å². The summed E-state index contributed by atoms with van der Waals surface area (Å²) in [4.78, 5) is 27.6. The summed E-state index contributed by atoms with van der Waals surface area (Å²) in [7, 11) is 0. The summed E-state index contributed by atoms with van der Waals surface area (Å²) in [6, 6.07) is 16.2. The molecular weight excluding hydrogens is 442 g/mol. The van der Waals surface area contributed by atoms with Crippen molar-refractivity contribution in [2.75, 3.05) is 5.32 Å². The van der Waals surface area contributed by atoms with E-state index in [1.165, 1.54) is 22.7 Å². The topological polar surface area (TPSA) is 115 Å². The number of anilines is 1. The Bertz CT molecular complexity index is 1310. The molecule has 4 rings (SSSR count). The van der Waals surface area contributed by atoms with Gasteiger partial charge < -0.3 is 25.3 Å². The monoisotopic (exact) mass is 473 g/mol. The number of nitrogens with one attached hydrogen (secondary N) is 1. The maximum absolute atomic E-state index is 12.5. The number of aliphatic hydroxyl groups is 1. The highest BCUT2D eigenvalue weighted by molar-refractivity contribution is 5.94. The SMILES string of the molecule is Cc1cn(CCC[C@@H](O)n2cnc(C(N)=O)c2)c2cc(NC(=O)CCCc3ccccc3)ccc12. The molecule has 0 saturated heterocycles. The molecule has 2 aromatic carbocycles. The predicted molar refractivity (Wildman–Crippen MR) is 136 cm³/mol. The van der Waals surface area contributed by atoms with Crippen LogP contribution < -0.4 is 11.1 Å². The lowest BCUT2D eigenvalue weighted by atomic mass is 10.1. The van der Waals surface area contributed by atoms with Crippen molar-refractivity contribution in [3.05, 3.63) is 84.1 Å². The molecule has 0 spiro atoms. The quantitative estimate of drug-likeness (QED) is 0.303. The first kappa shape index (κ1) is 24.2. The number of hydrogen-bond acceptors (Lipinski definition) is 4. The van der Waals surface area contributed by atoms with Gasteiger partial charge in [0, 0.05) is 36.4 Å². The van der Waals surface area contributed by atoms with Crippen LogP contribution in [0.25, 0.3) is 10.9 Å². The second-order valence-corrected chi connectivity index (χ2v) is 8.82. The standard InChI is InChI=1S/C27H31N5O3/c1-19-16-31(14-6-11-26(34)32-17-23(27(28)35)29-18-32)24-15-21(12-13-22(19)24)30-25(33)10-5-9-20-7-3-2-4-8-20/h2-4,7-8,12-13,15-18,26,34H,5-6,9-11,14H2,1H3,(H2,28,35)(H,30,33)/t26-/m1/s1. The number of aliphatic hydroxyl groups excluding tert-OH is 1. The van der Waals surface area contributed by atoms with E-state index in [-0.39, 0.29) is 11.6 Å². The van der Waals surface area contributed by atoms with E-state index < -0.39 is 12.1 Å². The van der Waals surface area contributed by atoms with Crippen molar-refractivity contribution < 1.29 is 14.7 Å². The maximum atomic E-state index is 12.5. The second kappa shape index (κ2) is 11.0. The van der Waals surface area contributed by atoms with Crippen LogP contribution in [0, 0.1) is 6.92 Å². The number of carbonyl (C=O) groups excluding carboxylic acids is 2. The normalized spacial score (nSPS) is 12.1. The van der Waals surface area contributed by atoms with Crippen LogP contribution in [0.5, 0.6) is 0 Å². The summed E-state index contributed by atoms with van der Waals surface area (Å²) in [5, 5.41) is 14.6. The molecule has 0 saturated carbocycles. The molecule has 2 heterocycles. The first-order valence-electron chi connectivity index (χ1n) is 11.9. The third-order valence-corrected chi connectivity index (χ3v) is 6.14. The van der Waals surface area contributed by atoms with Gasteiger partial charge in [-0.2, -0.15) is 0 Å². The van der Waals surface area contributed by atoms with Gasteiger partial charge in [0.2, 0.25) is 5.91 Å². The van der Waals surface area contributed by atoms with Gasteiger partial charge in [-0.3, -0.25) is 9.59 Å². The number of aryl methyl sites for hydroxylation is 3. The van der Waals surface area contributed by atoms with Gasteiger partial charge in [0.15, 0.2) is 0 Å². The van der Waals surface area contributed by atoms with Gasteiger partial charge in [0.05, 0.1) is 11.8 Å². The number of primary amides is 1. The summed E-state index contributed by atoms with van der Waals surface area (Å²) in [6.07, 6.45) is 7.52. The van der Waals surface area contributed by atoms with E-state index in [1.807, 2.05) is 36.4 Å². The zero-order valence-corrected chi connectivity index (χ0v) is 19.9. The fraction of sp³-hybridized carbons (Fsp3) is 0.296. The second-order valence-electron chi connectivity index (χ2n) is 8.82. The van der Waals surface area contributed by atoms with Crippen LogP contribution in [-0.2, 0) is 17.8 Å². The van der Waals surface area contributed by atoms with Crippen LogP contribution in [0.4, 0.5) is 5.69 Å². The Labute approximate surface area is 204 Å². The van der Waals surface area contributed by atoms with Crippen molar-refractivity contribution in [3.63, 3.8) is 0 Å². The van der Waals surface area contributed by atoms with Crippen LogP contribution in [-0.4, -0.2) is 31.0 Å². The molecule has 35 heavy (non-hydrogen) atoms. The lowest BCUT2D eigenvalue weighted by molar-refractivity contribution is -0.116. The summed E-state index contributed by atoms with van der Waals surface area (Å²) in [5.74, 6) is -0.613. The van der Waals surface area contributed by atoms with E-state index in [0.717, 1.165) is 35.0 Å². The Balaban J connectivity index is 1.33. The van der Waals surface area contributed by atoms with Crippen LogP contribution >= 0.6 is 0 Å². The predicted octanol–water partition coefficient (Wildman–Crippen LogP) is 4.18. The Morgan fingerprint density at radius 1 is 1.11 bits per heavy atom. The van der Waals surface area contributed by atoms with Crippen molar-refractivity contribution in [2.45, 2.75) is 51.8 Å². The maximum Gasteiger partial charge on any atom is 0.268 e. The van der Waals surface area contributed by atoms with Gasteiger partial charge in [-0.1, -0.05) is 36.4 Å². The molecular formula is C27H31N5O3. The fourth-order valence-electron chi connectivity index (χ4n) is 4.28. The van der Waals surface area contributed by atoms with Gasteiger partial charge in [-0.15, -0.1) is 0 Å². The minimum absolute atomic E-state index is 0.00823. The van der Waals surface area contributed by atoms with E-state index in [2.05, 4.69) is 40.1 Å². The number of fused-ring (bicyclic) bond motifs is 1. The van der Waals surface area contributed by atoms with E-state index in [4.69, 9.17) is 5.73 Å². The molecule has 2 amide bonds. The molecule has 2 aromatic heterocycles. The number of amides is 2. The molecule has 0 unspecified atom stereocenters. The van der Waals surface area contributed by atoms with E-state index >= 15 is 0 Å². The third-order valence-electron chi connectivity index (χ3n) is 6.14. The molecule has 0 fully saturated rings. The molecule has 8 heteroatoms. The van der Waals surface area contributed by atoms with Crippen LogP contribution in [0.1, 0.15) is 53.5 Å². The number of rotatable bonds is 11. The third kappa shape index (κ3) is 6.16. The van der Waals surface area contributed by atoms with Gasteiger partial charge in [-0.05, 0) is 55.9 Å². The number of carbonyl (C=O) groups is 2. The van der Waals surface area contributed by atoms with Crippen molar-refractivity contribution in [2.24, 2.45) is 5.73 Å². The number of nitrogens with two attached hydrogens (primary N) is 1. The van der Waals surface area contributed by atoms with Crippen molar-refractivity contribution in [1.82, 2.24) is 14.1 Å². The Hall–Kier alpha value is -3.91. The van der Waals surface area contributed by atoms with Crippen molar-refractivity contribution >= 4 is 28.4 Å². The van der Waals surface area contributed by atoms with Crippen LogP contribution in [0.2, 0.25) is 0 Å². The number of hydrogen-bond donors (Lipinski definition) is 3. The summed E-state index contributed by atoms with van der Waals surface area (Å²) >= 11 is 0. The van der Waals surface area contributed by atoms with Crippen LogP contribution in [0.3, 0.4) is 0 Å². The first-order valence-corrected chi connectivity index (χ1v) is 11.9. The van der Waals surface area contributed by atoms with Crippen molar-refractivity contribution in [1.29, 1.82) is 0 Å². The van der Waals surface area contributed by atoms with Gasteiger partial charge >= 0.3 is 0 Å². The number of aromatic nitrogens is 3. The molecule has 4 aromatic rings. The zero-order valence-electron chi connectivity index (χ0n) is 19.9. The minimum Gasteiger partial charge on any atom is -0.373 e. The van der Waals surface area contributed by atoms with Gasteiger partial charge in [-0.25, -0.2) is 4.98 Å². The van der Waals surface area contributed by atoms with Crippen LogP contribution in [0.15, 0.2) is 67.3 Å². The zero-order chi connectivity index (χ0) is 24.8. The highest BCUT2D eigenvalue weighted by atomic mass is 16.3. The van der Waals surface area contributed by atoms with E-state index in [9.17, 15) is 14.7 Å². The lowest BCUT2D eigenvalue weighted by Gasteiger charge is -2.13. The molecule has 0 radical (unpaired) electrons. The number of imidazole rings is 1. The number of nitrogens with zero attached hydrogens (tertiary/aromatic N) is 3. The summed E-state index contributed by atoms with van der Waals surface area (Å²) < 4.78 is 3.63. The first-order chi connectivity index (χ1) is 16.9. The largest absolute Gasteiger partial charge is 0.373 e. The number of benzene rings is 2. The van der Waals surface area contributed by atoms with Gasteiger partial charge in [0.25, 0.3) is 5.91 Å². The molecule has 0 aliphatic heterocycles. The average Bonchev–Trinajstić information content (AvgIpc) is 3.45. The smallest absolute Gasteiger partial charge is 0.268 e. The summed E-state index contributed by atoms with van der Waals surface area (Å²) in [5.41, 5.74) is 9.56. The fourth-order valence-corrected chi connectivity index (χ4v) is 4.28. The summed E-state index contributed by atoms with van der Waals surface area (Å²) in [6.45, 7) is 2.76. The molecule has 0 aliphatic rings. The average molecular weight is 474 g/mol. The minimum atomic E-state index is -0.788. The Morgan fingerprint density at radius 2 is 1.91 bits per heavy atom. The van der Waals surface area contributed by atoms with Crippen molar-refractivity contribution in [3.8, 4) is 0 Å². The highest BCUT2D eigenvalue weighted by Gasteiger charge is 2.12. The Kier molecular flexibility index (Phi) is 7.62. The molecule has 0 aliphatic carbocycles.